The molecule has 17 nitrogen and oxygen atoms in total. The Balaban J connectivity index is 0.695. The van der Waals surface area contributed by atoms with Gasteiger partial charge in [0.05, 0.1) is 42.2 Å². The number of piperidine rings is 2. The lowest BCUT2D eigenvalue weighted by atomic mass is 9.71. The first kappa shape index (κ1) is 41.5. The van der Waals surface area contributed by atoms with Crippen LogP contribution in [0.2, 0.25) is 0 Å². The zero-order valence-corrected chi connectivity index (χ0v) is 35.6. The number of nitrogens with one attached hydrogen (secondary N) is 2. The van der Waals surface area contributed by atoms with Gasteiger partial charge in [0.25, 0.3) is 12.3 Å². The summed E-state index contributed by atoms with van der Waals surface area (Å²) < 4.78 is 40.4. The van der Waals surface area contributed by atoms with E-state index >= 15 is 0 Å². The molecule has 2 N–H and O–H groups in total. The summed E-state index contributed by atoms with van der Waals surface area (Å²) in [7, 11) is 1.75. The minimum absolute atomic E-state index is 0.00338. The number of fused-ring (bicyclic) bond motifs is 2. The number of carbonyl (C=O) groups excluding carboxylic acids is 3. The number of rotatable bonds is 11. The number of alkyl halides is 2. The summed E-state index contributed by atoms with van der Waals surface area (Å²) in [6.07, 6.45) is 9.13. The van der Waals surface area contributed by atoms with Crippen LogP contribution < -0.4 is 21.2 Å². The molecule has 1 saturated carbocycles. The van der Waals surface area contributed by atoms with Crippen LogP contribution in [0.4, 0.5) is 20.3 Å². The molecule has 0 bridgehead atoms. The van der Waals surface area contributed by atoms with Crippen LogP contribution in [-0.4, -0.2) is 127 Å². The van der Waals surface area contributed by atoms with E-state index in [2.05, 4.69) is 46.6 Å². The van der Waals surface area contributed by atoms with Gasteiger partial charge in [-0.05, 0) is 93.5 Å². The van der Waals surface area contributed by atoms with E-state index in [9.17, 15) is 28.0 Å². The van der Waals surface area contributed by atoms with Gasteiger partial charge in [0.1, 0.15) is 17.4 Å². The molecule has 4 aromatic heterocycles. The Labute approximate surface area is 362 Å². The lowest BCUT2D eigenvalue weighted by Gasteiger charge is -2.54. The summed E-state index contributed by atoms with van der Waals surface area (Å²) in [5.74, 6) is -0.0615. The third-order valence-corrected chi connectivity index (χ3v) is 14.3. The van der Waals surface area contributed by atoms with Crippen LogP contribution in [0.3, 0.4) is 0 Å². The summed E-state index contributed by atoms with van der Waals surface area (Å²) in [4.78, 5) is 63.2. The van der Waals surface area contributed by atoms with E-state index in [-0.39, 0.29) is 35.3 Å². The topological polar surface area (TPSA) is 169 Å². The molecular formula is C44H54F2N12O5. The van der Waals surface area contributed by atoms with Crippen LogP contribution in [0.1, 0.15) is 91.5 Å². The molecule has 4 aliphatic heterocycles. The highest BCUT2D eigenvalue weighted by Crippen LogP contribution is 2.42. The lowest BCUT2D eigenvalue weighted by molar-refractivity contribution is -0.135. The SMILES string of the molecule is Cn1c(=O)n(C2CCC(=O)NC2=O)c2cccc(CCN3CC4(CCN(C[C@H]5CC[C@H](n6cc(NC(=O)c7cnn8ccc(N9CCOCC9)nc78)c(C(F)F)n6)CC5)CC4)C3)c21. The minimum atomic E-state index is -2.85. The van der Waals surface area contributed by atoms with E-state index in [1.54, 1.807) is 33.3 Å². The number of morpholine rings is 1. The quantitative estimate of drug-likeness (QED) is 0.185. The molecule has 334 valence electrons. The van der Waals surface area contributed by atoms with Crippen molar-refractivity contribution in [3.05, 3.63) is 70.2 Å². The van der Waals surface area contributed by atoms with Crippen molar-refractivity contribution in [2.45, 2.75) is 76.3 Å². The molecule has 1 unspecified atom stereocenters. The molecule has 19 heteroatoms. The number of halogens is 2. The molecule has 8 heterocycles. The number of ether oxygens (including phenoxy) is 1. The number of hydrogen-bond donors (Lipinski definition) is 2. The normalized spacial score (nSPS) is 23.5. The van der Waals surface area contributed by atoms with E-state index in [0.717, 1.165) is 101 Å². The summed E-state index contributed by atoms with van der Waals surface area (Å²) in [5, 5.41) is 13.6. The number of amides is 3. The first-order valence-electron chi connectivity index (χ1n) is 22.4. The van der Waals surface area contributed by atoms with Crippen LogP contribution in [0.5, 0.6) is 0 Å². The summed E-state index contributed by atoms with van der Waals surface area (Å²) in [6.45, 7) is 8.74. The molecule has 5 aliphatic rings. The number of aromatic nitrogens is 7. The predicted octanol–water partition coefficient (Wildman–Crippen LogP) is 3.96. The van der Waals surface area contributed by atoms with Crippen molar-refractivity contribution in [1.82, 2.24) is 48.6 Å². The molecule has 10 rings (SSSR count). The van der Waals surface area contributed by atoms with Crippen molar-refractivity contribution in [2.24, 2.45) is 18.4 Å². The maximum Gasteiger partial charge on any atom is 0.329 e. The highest BCUT2D eigenvalue weighted by atomic mass is 19.3. The Morgan fingerprint density at radius 3 is 2.52 bits per heavy atom. The minimum Gasteiger partial charge on any atom is -0.378 e. The third-order valence-electron chi connectivity index (χ3n) is 14.3. The molecule has 1 atom stereocenters. The smallest absolute Gasteiger partial charge is 0.329 e. The fourth-order valence-electron chi connectivity index (χ4n) is 10.8. The van der Waals surface area contributed by atoms with E-state index in [1.807, 2.05) is 18.2 Å². The monoisotopic (exact) mass is 868 g/mol. The van der Waals surface area contributed by atoms with E-state index in [1.165, 1.54) is 10.7 Å². The molecule has 0 radical (unpaired) electrons. The van der Waals surface area contributed by atoms with Gasteiger partial charge in [-0.2, -0.15) is 10.2 Å². The maximum absolute atomic E-state index is 14.3. The average molecular weight is 869 g/mol. The maximum atomic E-state index is 14.3. The summed E-state index contributed by atoms with van der Waals surface area (Å²) >= 11 is 0. The Hall–Kier alpha value is -5.53. The fourth-order valence-corrected chi connectivity index (χ4v) is 10.8. The van der Waals surface area contributed by atoms with Crippen LogP contribution in [-0.2, 0) is 27.8 Å². The number of likely N-dealkylation sites (tertiary alicyclic amines) is 2. The van der Waals surface area contributed by atoms with E-state index < -0.39 is 30.0 Å². The molecule has 4 saturated heterocycles. The number of para-hydroxylation sites is 1. The van der Waals surface area contributed by atoms with Gasteiger partial charge < -0.3 is 24.8 Å². The number of imidazole rings is 1. The second kappa shape index (κ2) is 16.9. The van der Waals surface area contributed by atoms with Crippen LogP contribution in [0, 0.1) is 11.3 Å². The van der Waals surface area contributed by atoms with Crippen LogP contribution in [0.25, 0.3) is 16.7 Å². The molecule has 1 aromatic carbocycles. The van der Waals surface area contributed by atoms with Crippen LogP contribution >= 0.6 is 0 Å². The Kier molecular flexibility index (Phi) is 11.1. The molecule has 5 aromatic rings. The van der Waals surface area contributed by atoms with Gasteiger partial charge in [0, 0.05) is 65.1 Å². The highest BCUT2D eigenvalue weighted by molar-refractivity contribution is 6.08. The molecule has 63 heavy (non-hydrogen) atoms. The van der Waals surface area contributed by atoms with Gasteiger partial charge >= 0.3 is 5.69 Å². The molecule has 1 aliphatic carbocycles. The number of imide groups is 1. The van der Waals surface area contributed by atoms with Gasteiger partial charge in [0.15, 0.2) is 11.3 Å². The van der Waals surface area contributed by atoms with Gasteiger partial charge in [0.2, 0.25) is 11.8 Å². The first-order chi connectivity index (χ1) is 30.5. The Morgan fingerprint density at radius 2 is 1.78 bits per heavy atom. The summed E-state index contributed by atoms with van der Waals surface area (Å²) in [6, 6.07) is 7.01. The number of nitrogens with zero attached hydrogens (tertiary/aromatic N) is 10. The van der Waals surface area contributed by atoms with Gasteiger partial charge in [-0.25, -0.2) is 23.1 Å². The highest BCUT2D eigenvalue weighted by Gasteiger charge is 2.45. The number of anilines is 2. The number of hydrogen-bond acceptors (Lipinski definition) is 11. The number of carbonyl (C=O) groups is 3. The fraction of sp³-hybridized carbons (Fsp3) is 0.568. The Morgan fingerprint density at radius 1 is 1.00 bits per heavy atom. The lowest BCUT2D eigenvalue weighted by Crippen LogP contribution is -2.60. The molecular weight excluding hydrogens is 815 g/mol. The van der Waals surface area contributed by atoms with E-state index in [0.29, 0.717) is 55.5 Å². The third kappa shape index (κ3) is 8.03. The zero-order valence-electron chi connectivity index (χ0n) is 35.6. The van der Waals surface area contributed by atoms with Crippen molar-refractivity contribution in [3.8, 4) is 0 Å². The van der Waals surface area contributed by atoms with Crippen molar-refractivity contribution in [1.29, 1.82) is 0 Å². The predicted molar refractivity (Wildman–Crippen MR) is 229 cm³/mol. The Bertz CT molecular complexity index is 2590. The van der Waals surface area contributed by atoms with Crippen molar-refractivity contribution < 1.29 is 27.9 Å². The van der Waals surface area contributed by atoms with Crippen molar-refractivity contribution >= 4 is 45.9 Å². The zero-order chi connectivity index (χ0) is 43.4. The standard InChI is InChI=1S/C44H54F2N12O5/c1-52-38-29(3-2-4-33(38)58(43(52)62)34-9-10-36(59)50-42(34)61)11-15-54-26-44(27-54)13-17-53(18-14-44)24-28-5-7-30(8-6-28)57-25-32(37(51-57)39(45)46)48-41(60)31-23-47-56-16-12-35(49-40(31)56)55-19-21-63-22-20-55/h2-4,12,16,23,25,28,30,34,39H,5-11,13-15,17-22,24,26-27H2,1H3,(H,48,60)(H,50,59,61)/t28-,30-,34?. The van der Waals surface area contributed by atoms with Gasteiger partial charge in [-0.1, -0.05) is 12.1 Å². The average Bonchev–Trinajstić information content (AvgIpc) is 3.97. The molecule has 5 fully saturated rings. The van der Waals surface area contributed by atoms with Gasteiger partial charge in [-0.3, -0.25) is 33.5 Å². The van der Waals surface area contributed by atoms with Crippen molar-refractivity contribution in [2.75, 3.05) is 75.8 Å². The second-order valence-electron chi connectivity index (χ2n) is 18.3. The molecule has 3 amide bonds. The van der Waals surface area contributed by atoms with Crippen molar-refractivity contribution in [3.63, 3.8) is 0 Å². The first-order valence-corrected chi connectivity index (χ1v) is 22.4. The largest absolute Gasteiger partial charge is 0.378 e. The van der Waals surface area contributed by atoms with Gasteiger partial charge in [-0.15, -0.1) is 0 Å². The number of benzene rings is 1. The number of aryl methyl sites for hydroxylation is 1. The van der Waals surface area contributed by atoms with Crippen LogP contribution in [0.15, 0.2) is 47.7 Å². The summed E-state index contributed by atoms with van der Waals surface area (Å²) in [5.41, 5.74) is 2.85. The van der Waals surface area contributed by atoms with E-state index in [4.69, 9.17) is 4.74 Å². The molecule has 1 spiro atoms. The second-order valence-corrected chi connectivity index (χ2v) is 18.3.